The minimum absolute atomic E-state index is 0.819. The van der Waals surface area contributed by atoms with E-state index in [1.54, 1.807) is 7.11 Å². The third kappa shape index (κ3) is 2.57. The van der Waals surface area contributed by atoms with Gasteiger partial charge in [0.2, 0.25) is 0 Å². The second-order valence-corrected chi connectivity index (χ2v) is 5.88. The molecule has 19 heavy (non-hydrogen) atoms. The highest BCUT2D eigenvalue weighted by molar-refractivity contribution is 5.53. The quantitative estimate of drug-likeness (QED) is 0.902. The molecule has 3 heteroatoms. The first-order valence-electron chi connectivity index (χ1n) is 7.42. The molecule has 2 fully saturated rings. The number of methoxy groups -OCH3 is 1. The number of nitrogens with one attached hydrogen (secondary N) is 1. The van der Waals surface area contributed by atoms with Crippen LogP contribution in [0.2, 0.25) is 0 Å². The van der Waals surface area contributed by atoms with Crippen LogP contribution in [0.4, 0.5) is 5.69 Å². The SMILES string of the molecule is CCc1cc(N2CC3CNCC(C3)C2)ccc1OC. The van der Waals surface area contributed by atoms with Crippen molar-refractivity contribution in [2.45, 2.75) is 19.8 Å². The normalized spacial score (nSPS) is 26.3. The van der Waals surface area contributed by atoms with Crippen molar-refractivity contribution < 1.29 is 4.74 Å². The minimum atomic E-state index is 0.819. The maximum absolute atomic E-state index is 5.42. The van der Waals surface area contributed by atoms with Crippen LogP contribution in [-0.4, -0.2) is 33.3 Å². The van der Waals surface area contributed by atoms with Gasteiger partial charge in [0.25, 0.3) is 0 Å². The molecule has 0 saturated carbocycles. The Morgan fingerprint density at radius 2 is 2.00 bits per heavy atom. The third-order valence-electron chi connectivity index (χ3n) is 4.50. The highest BCUT2D eigenvalue weighted by atomic mass is 16.5. The maximum atomic E-state index is 5.42. The van der Waals surface area contributed by atoms with Crippen LogP contribution in [-0.2, 0) is 6.42 Å². The number of anilines is 1. The van der Waals surface area contributed by atoms with Crippen LogP contribution in [0.1, 0.15) is 18.9 Å². The number of piperidine rings is 2. The monoisotopic (exact) mass is 260 g/mol. The van der Waals surface area contributed by atoms with Crippen molar-refractivity contribution in [3.05, 3.63) is 23.8 Å². The van der Waals surface area contributed by atoms with Crippen molar-refractivity contribution in [1.29, 1.82) is 0 Å². The largest absolute Gasteiger partial charge is 0.496 e. The topological polar surface area (TPSA) is 24.5 Å². The Morgan fingerprint density at radius 1 is 1.26 bits per heavy atom. The Kier molecular flexibility index (Phi) is 3.65. The lowest BCUT2D eigenvalue weighted by atomic mass is 9.85. The molecule has 2 bridgehead atoms. The molecule has 0 aliphatic carbocycles. The van der Waals surface area contributed by atoms with Gasteiger partial charge < -0.3 is 15.0 Å². The number of ether oxygens (including phenoxy) is 1. The fourth-order valence-corrected chi connectivity index (χ4v) is 3.55. The van der Waals surface area contributed by atoms with Gasteiger partial charge in [0.1, 0.15) is 5.75 Å². The minimum Gasteiger partial charge on any atom is -0.496 e. The summed E-state index contributed by atoms with van der Waals surface area (Å²) in [5, 5.41) is 3.55. The van der Waals surface area contributed by atoms with Gasteiger partial charge >= 0.3 is 0 Å². The van der Waals surface area contributed by atoms with Gasteiger partial charge in [0, 0.05) is 18.8 Å². The van der Waals surface area contributed by atoms with Gasteiger partial charge in [-0.1, -0.05) is 6.92 Å². The van der Waals surface area contributed by atoms with Crippen molar-refractivity contribution in [1.82, 2.24) is 5.32 Å². The molecule has 2 saturated heterocycles. The third-order valence-corrected chi connectivity index (χ3v) is 4.50. The summed E-state index contributed by atoms with van der Waals surface area (Å²) >= 11 is 0. The van der Waals surface area contributed by atoms with E-state index in [0.29, 0.717) is 0 Å². The van der Waals surface area contributed by atoms with Gasteiger partial charge in [0.15, 0.2) is 0 Å². The van der Waals surface area contributed by atoms with Gasteiger partial charge in [0.05, 0.1) is 7.11 Å². The molecule has 2 unspecified atom stereocenters. The standard InChI is InChI=1S/C16H24N2O/c1-3-14-7-15(4-5-16(14)19-2)18-10-12-6-13(11-18)9-17-8-12/h4-5,7,12-13,17H,3,6,8-11H2,1-2H3. The van der Waals surface area contributed by atoms with Crippen molar-refractivity contribution in [3.63, 3.8) is 0 Å². The highest BCUT2D eigenvalue weighted by Crippen LogP contribution is 2.31. The lowest BCUT2D eigenvalue weighted by Gasteiger charge is -2.43. The van der Waals surface area contributed by atoms with E-state index in [4.69, 9.17) is 4.74 Å². The van der Waals surface area contributed by atoms with Crippen LogP contribution in [0.25, 0.3) is 0 Å². The summed E-state index contributed by atoms with van der Waals surface area (Å²) in [5.41, 5.74) is 2.68. The molecule has 2 aliphatic rings. The number of benzene rings is 1. The van der Waals surface area contributed by atoms with Crippen molar-refractivity contribution in [3.8, 4) is 5.75 Å². The number of fused-ring (bicyclic) bond motifs is 2. The highest BCUT2D eigenvalue weighted by Gasteiger charge is 2.30. The first-order chi connectivity index (χ1) is 9.30. The molecule has 3 nitrogen and oxygen atoms in total. The lowest BCUT2D eigenvalue weighted by molar-refractivity contribution is 0.249. The Bertz CT molecular complexity index is 434. The Morgan fingerprint density at radius 3 is 2.63 bits per heavy atom. The summed E-state index contributed by atoms with van der Waals surface area (Å²) in [7, 11) is 1.76. The van der Waals surface area contributed by atoms with Gasteiger partial charge in [-0.05, 0) is 61.5 Å². The second kappa shape index (κ2) is 5.41. The average molecular weight is 260 g/mol. The van der Waals surface area contributed by atoms with Crippen LogP contribution < -0.4 is 15.0 Å². The molecule has 0 aromatic heterocycles. The van der Waals surface area contributed by atoms with Gasteiger partial charge in [-0.2, -0.15) is 0 Å². The zero-order chi connectivity index (χ0) is 13.2. The fourth-order valence-electron chi connectivity index (χ4n) is 3.55. The molecule has 3 rings (SSSR count). The number of hydrogen-bond acceptors (Lipinski definition) is 3. The molecule has 1 N–H and O–H groups in total. The molecule has 0 spiro atoms. The van der Waals surface area contributed by atoms with Crippen LogP contribution in [0.5, 0.6) is 5.75 Å². The molecular formula is C16H24N2O. The van der Waals surface area contributed by atoms with E-state index in [-0.39, 0.29) is 0 Å². The second-order valence-electron chi connectivity index (χ2n) is 5.88. The number of nitrogens with zero attached hydrogens (tertiary/aromatic N) is 1. The van der Waals surface area contributed by atoms with Crippen LogP contribution in [0.15, 0.2) is 18.2 Å². The zero-order valence-electron chi connectivity index (χ0n) is 12.0. The molecule has 2 heterocycles. The van der Waals surface area contributed by atoms with E-state index in [1.807, 2.05) is 0 Å². The summed E-state index contributed by atoms with van der Waals surface area (Å²) in [5.74, 6) is 2.66. The molecule has 2 aliphatic heterocycles. The lowest BCUT2D eigenvalue weighted by Crippen LogP contribution is -2.51. The van der Waals surface area contributed by atoms with Gasteiger partial charge in [-0.25, -0.2) is 0 Å². The first-order valence-corrected chi connectivity index (χ1v) is 7.42. The van der Waals surface area contributed by atoms with Crippen molar-refractivity contribution in [2.24, 2.45) is 11.8 Å². The van der Waals surface area contributed by atoms with E-state index in [0.717, 1.165) is 24.0 Å². The Hall–Kier alpha value is -1.22. The maximum Gasteiger partial charge on any atom is 0.122 e. The zero-order valence-corrected chi connectivity index (χ0v) is 12.0. The van der Waals surface area contributed by atoms with Crippen molar-refractivity contribution >= 4 is 5.69 Å². The number of rotatable bonds is 3. The molecule has 0 amide bonds. The molecule has 0 radical (unpaired) electrons. The fraction of sp³-hybridized carbons (Fsp3) is 0.625. The van der Waals surface area contributed by atoms with Crippen LogP contribution in [0.3, 0.4) is 0 Å². The number of aryl methyl sites for hydroxylation is 1. The summed E-state index contributed by atoms with van der Waals surface area (Å²) in [6.07, 6.45) is 2.43. The molecule has 2 atom stereocenters. The first kappa shape index (κ1) is 12.8. The predicted octanol–water partition coefficient (Wildman–Crippen LogP) is 2.30. The summed E-state index contributed by atoms with van der Waals surface area (Å²) < 4.78 is 5.42. The van der Waals surface area contributed by atoms with E-state index in [1.165, 1.54) is 43.9 Å². The van der Waals surface area contributed by atoms with Crippen molar-refractivity contribution in [2.75, 3.05) is 38.2 Å². The summed E-state index contributed by atoms with van der Waals surface area (Å²) in [6, 6.07) is 6.65. The van der Waals surface area contributed by atoms with E-state index >= 15 is 0 Å². The summed E-state index contributed by atoms with van der Waals surface area (Å²) in [6.45, 7) is 6.95. The smallest absolute Gasteiger partial charge is 0.122 e. The van der Waals surface area contributed by atoms with Crippen LogP contribution >= 0.6 is 0 Å². The Balaban J connectivity index is 1.81. The average Bonchev–Trinajstić information content (AvgIpc) is 2.46. The van der Waals surface area contributed by atoms with E-state index in [2.05, 4.69) is 35.3 Å². The van der Waals surface area contributed by atoms with E-state index in [9.17, 15) is 0 Å². The Labute approximate surface area is 115 Å². The number of hydrogen-bond donors (Lipinski definition) is 1. The predicted molar refractivity (Wildman–Crippen MR) is 79.1 cm³/mol. The van der Waals surface area contributed by atoms with Gasteiger partial charge in [-0.3, -0.25) is 0 Å². The molecular weight excluding hydrogens is 236 g/mol. The molecule has 1 aromatic carbocycles. The molecule has 104 valence electrons. The van der Waals surface area contributed by atoms with Crippen LogP contribution in [0, 0.1) is 11.8 Å². The molecule has 1 aromatic rings. The van der Waals surface area contributed by atoms with E-state index < -0.39 is 0 Å². The summed E-state index contributed by atoms with van der Waals surface area (Å²) in [4.78, 5) is 2.57. The van der Waals surface area contributed by atoms with Gasteiger partial charge in [-0.15, -0.1) is 0 Å².